The molecule has 26 heavy (non-hydrogen) atoms. The summed E-state index contributed by atoms with van der Waals surface area (Å²) in [7, 11) is 0. The maximum absolute atomic E-state index is 11.7. The predicted molar refractivity (Wildman–Crippen MR) is 104 cm³/mol. The minimum atomic E-state index is -0.412. The molecule has 148 valence electrons. The van der Waals surface area contributed by atoms with Gasteiger partial charge in [0.25, 0.3) is 0 Å². The van der Waals surface area contributed by atoms with Gasteiger partial charge in [0.2, 0.25) is 0 Å². The van der Waals surface area contributed by atoms with Crippen molar-refractivity contribution in [3.63, 3.8) is 0 Å². The minimum Gasteiger partial charge on any atom is -0.852 e. The summed E-state index contributed by atoms with van der Waals surface area (Å²) in [5.41, 5.74) is 0. The van der Waals surface area contributed by atoms with E-state index < -0.39 is 6.10 Å². The molecule has 0 unspecified atom stereocenters. The van der Waals surface area contributed by atoms with Crippen LogP contribution < -0.4 is 34.7 Å². The zero-order chi connectivity index (χ0) is 18.6. The van der Waals surface area contributed by atoms with Crippen molar-refractivity contribution in [1.29, 1.82) is 0 Å². The molecule has 0 bridgehead atoms. The summed E-state index contributed by atoms with van der Waals surface area (Å²) in [4.78, 5) is 11.4. The van der Waals surface area contributed by atoms with Crippen molar-refractivity contribution in [3.05, 3.63) is 12.2 Å². The van der Waals surface area contributed by atoms with Gasteiger partial charge >= 0.3 is 35.5 Å². The van der Waals surface area contributed by atoms with Gasteiger partial charge in [-0.05, 0) is 32.1 Å². The van der Waals surface area contributed by atoms with Gasteiger partial charge in [-0.3, -0.25) is 4.79 Å². The minimum absolute atomic E-state index is 0. The van der Waals surface area contributed by atoms with E-state index in [2.05, 4.69) is 26.0 Å². The summed E-state index contributed by atoms with van der Waals surface area (Å²) in [6, 6.07) is 0. The molecule has 1 atom stereocenters. The van der Waals surface area contributed by atoms with Crippen molar-refractivity contribution < 1.29 is 44.2 Å². The Morgan fingerprint density at radius 3 is 2.27 bits per heavy atom. The monoisotopic (exact) mass is 376 g/mol. The third-order valence-corrected chi connectivity index (χ3v) is 4.46. The zero-order valence-electron chi connectivity index (χ0n) is 17.8. The Morgan fingerprint density at radius 1 is 0.885 bits per heavy atom. The summed E-state index contributed by atoms with van der Waals surface area (Å²) < 4.78 is 5.14. The molecule has 0 aromatic heterocycles. The van der Waals surface area contributed by atoms with Crippen molar-refractivity contribution >= 4 is 5.97 Å². The fourth-order valence-corrected chi connectivity index (χ4v) is 2.75. The zero-order valence-corrected chi connectivity index (χ0v) is 19.8. The normalized spacial score (nSPS) is 12.1. The fraction of sp³-hybridized carbons (Fsp3) is 0.864. The molecular weight excluding hydrogens is 335 g/mol. The number of esters is 1. The molecule has 3 nitrogen and oxygen atoms in total. The van der Waals surface area contributed by atoms with Gasteiger partial charge in [-0.1, -0.05) is 83.8 Å². The largest absolute Gasteiger partial charge is 1.00 e. The third-order valence-electron chi connectivity index (χ3n) is 4.46. The van der Waals surface area contributed by atoms with E-state index in [0.717, 1.165) is 44.9 Å². The molecule has 0 N–H and O–H groups in total. The Bertz CT molecular complexity index is 319. The smallest absolute Gasteiger partial charge is 0.852 e. The fourth-order valence-electron chi connectivity index (χ4n) is 2.75. The van der Waals surface area contributed by atoms with Crippen molar-refractivity contribution in [2.24, 2.45) is 0 Å². The Morgan fingerprint density at radius 2 is 1.54 bits per heavy atom. The molecule has 0 aliphatic rings. The summed E-state index contributed by atoms with van der Waals surface area (Å²) in [6.45, 7) is 4.86. The quantitative estimate of drug-likeness (QED) is 0.160. The molecule has 0 spiro atoms. The van der Waals surface area contributed by atoms with Crippen molar-refractivity contribution in [2.45, 2.75) is 116 Å². The van der Waals surface area contributed by atoms with Crippen molar-refractivity contribution in [3.8, 4) is 0 Å². The van der Waals surface area contributed by atoms with Crippen molar-refractivity contribution in [1.82, 2.24) is 0 Å². The third kappa shape index (κ3) is 22.2. The van der Waals surface area contributed by atoms with Crippen LogP contribution in [0, 0.1) is 0 Å². The number of allylic oxidation sites excluding steroid dienone is 1. The number of rotatable bonds is 18. The molecule has 0 heterocycles. The first-order valence-electron chi connectivity index (χ1n) is 10.7. The van der Waals surface area contributed by atoms with Crippen LogP contribution >= 0.6 is 0 Å². The summed E-state index contributed by atoms with van der Waals surface area (Å²) in [5, 5.41) is 11.7. The second-order valence-electron chi connectivity index (χ2n) is 7.06. The molecule has 4 heteroatoms. The van der Waals surface area contributed by atoms with E-state index >= 15 is 0 Å². The number of carbonyl (C=O) groups excluding carboxylic acids is 1. The van der Waals surface area contributed by atoms with Gasteiger partial charge in [-0.2, -0.15) is 0 Å². The van der Waals surface area contributed by atoms with Crippen LogP contribution in [-0.2, 0) is 9.53 Å². The molecule has 0 saturated heterocycles. The molecule has 0 aromatic rings. The van der Waals surface area contributed by atoms with E-state index in [4.69, 9.17) is 4.74 Å². The summed E-state index contributed by atoms with van der Waals surface area (Å²) in [5.74, 6) is -0.0433. The van der Waals surface area contributed by atoms with Gasteiger partial charge in [-0.15, -0.1) is 6.10 Å². The van der Waals surface area contributed by atoms with Gasteiger partial charge in [0.15, 0.2) is 0 Å². The van der Waals surface area contributed by atoms with Gasteiger partial charge in [0.1, 0.15) is 0 Å². The van der Waals surface area contributed by atoms with Crippen LogP contribution in [0.2, 0.25) is 0 Å². The molecule has 0 aromatic carbocycles. The van der Waals surface area contributed by atoms with Crippen LogP contribution in [0.1, 0.15) is 110 Å². The first-order chi connectivity index (χ1) is 12.2. The Kier molecular flexibility index (Phi) is 25.3. The maximum Gasteiger partial charge on any atom is 1.00 e. The van der Waals surface area contributed by atoms with E-state index in [1.54, 1.807) is 0 Å². The standard InChI is InChI=1S/C22H41O3.Na/c1-3-5-7-14-17-21(23)18-15-12-10-8-9-11-13-16-19-22(24)25-20-6-4-2;/h12,15,21H,3-11,13-14,16-20H2,1-2H3;/q-1;+1/b15-12-;/t21-;/m1./s1. The van der Waals surface area contributed by atoms with E-state index in [1.165, 1.54) is 38.5 Å². The molecular formula is C22H41NaO3. The first-order valence-corrected chi connectivity index (χ1v) is 10.7. The number of unbranched alkanes of at least 4 members (excludes halogenated alkanes) is 9. The number of hydrogen-bond donors (Lipinski definition) is 0. The van der Waals surface area contributed by atoms with E-state index in [-0.39, 0.29) is 35.5 Å². The Balaban J connectivity index is 0. The average Bonchev–Trinajstić information content (AvgIpc) is 2.60. The molecule has 0 radical (unpaired) electrons. The molecule has 0 rings (SSSR count). The molecule has 0 saturated carbocycles. The van der Waals surface area contributed by atoms with Crippen LogP contribution in [0.4, 0.5) is 0 Å². The van der Waals surface area contributed by atoms with Gasteiger partial charge in [0, 0.05) is 6.42 Å². The number of ether oxygens (including phenoxy) is 1. The number of hydrogen-bond acceptors (Lipinski definition) is 3. The Labute approximate surface area is 184 Å². The summed E-state index contributed by atoms with van der Waals surface area (Å²) in [6.07, 6.45) is 19.4. The second-order valence-corrected chi connectivity index (χ2v) is 7.06. The predicted octanol–water partition coefficient (Wildman–Crippen LogP) is 2.71. The molecule has 0 aliphatic carbocycles. The Hall–Kier alpha value is 0.170. The van der Waals surface area contributed by atoms with Crippen LogP contribution in [0.15, 0.2) is 12.2 Å². The van der Waals surface area contributed by atoms with Crippen LogP contribution in [0.3, 0.4) is 0 Å². The van der Waals surface area contributed by atoms with E-state index in [0.29, 0.717) is 19.4 Å². The van der Waals surface area contributed by atoms with Gasteiger partial charge < -0.3 is 9.84 Å². The van der Waals surface area contributed by atoms with Gasteiger partial charge in [0.05, 0.1) is 6.61 Å². The molecule has 0 amide bonds. The number of carbonyl (C=O) groups is 1. The SMILES string of the molecule is CCCCCC[C@@H]([O-])C/C=C\CCCCCCCC(=O)OCCCC.[Na+]. The first kappa shape index (κ1) is 28.4. The second kappa shape index (κ2) is 23.2. The molecule has 0 aliphatic heterocycles. The van der Waals surface area contributed by atoms with E-state index in [1.807, 2.05) is 0 Å². The summed E-state index contributed by atoms with van der Waals surface area (Å²) >= 11 is 0. The van der Waals surface area contributed by atoms with E-state index in [9.17, 15) is 9.90 Å². The van der Waals surface area contributed by atoms with Gasteiger partial charge in [-0.25, -0.2) is 0 Å². The van der Waals surface area contributed by atoms with Crippen molar-refractivity contribution in [2.75, 3.05) is 6.61 Å². The van der Waals surface area contributed by atoms with Crippen LogP contribution in [0.5, 0.6) is 0 Å². The topological polar surface area (TPSA) is 49.4 Å². The van der Waals surface area contributed by atoms with Crippen LogP contribution in [-0.4, -0.2) is 18.7 Å². The molecule has 0 fully saturated rings. The average molecular weight is 377 g/mol. The maximum atomic E-state index is 11.7. The van der Waals surface area contributed by atoms with Crippen LogP contribution in [0.25, 0.3) is 0 Å².